The summed E-state index contributed by atoms with van der Waals surface area (Å²) >= 11 is 3.66. The van der Waals surface area contributed by atoms with Crippen LogP contribution in [0, 0.1) is 0 Å². The standard InChI is InChI=1S/C27H25BrF3NO3/c1-4-34-25(33)26(28)16-20-15-19(18-5-8-21(9-6-18)27(29,30)31)7-14-24(20)32(26)22-10-12-23(13-11-22)35-17(2)3/h5-15,17H,4,16H2,1-3H3. The number of anilines is 2. The zero-order valence-corrected chi connectivity index (χ0v) is 21.1. The lowest BCUT2D eigenvalue weighted by molar-refractivity contribution is -0.145. The van der Waals surface area contributed by atoms with Crippen LogP contribution in [0.15, 0.2) is 66.7 Å². The predicted octanol–water partition coefficient (Wildman–Crippen LogP) is 7.51. The lowest BCUT2D eigenvalue weighted by Gasteiger charge is -2.33. The van der Waals surface area contributed by atoms with Crippen molar-refractivity contribution in [3.05, 3.63) is 77.9 Å². The summed E-state index contributed by atoms with van der Waals surface area (Å²) in [4.78, 5) is 15.0. The number of halogens is 4. The Kier molecular flexibility index (Phi) is 6.86. The molecule has 184 valence electrons. The number of benzene rings is 3. The third-order valence-corrected chi connectivity index (χ3v) is 6.66. The van der Waals surface area contributed by atoms with Crippen molar-refractivity contribution in [2.75, 3.05) is 11.5 Å². The third kappa shape index (κ3) is 5.03. The van der Waals surface area contributed by atoms with Crippen LogP contribution in [0.4, 0.5) is 24.5 Å². The fraction of sp³-hybridized carbons (Fsp3) is 0.296. The molecule has 4 rings (SSSR count). The summed E-state index contributed by atoms with van der Waals surface area (Å²) in [6.07, 6.45) is -4.03. The molecule has 1 atom stereocenters. The van der Waals surface area contributed by atoms with E-state index in [1.807, 2.05) is 61.2 Å². The van der Waals surface area contributed by atoms with E-state index in [2.05, 4.69) is 15.9 Å². The maximum Gasteiger partial charge on any atom is 0.416 e. The Balaban J connectivity index is 1.73. The quantitative estimate of drug-likeness (QED) is 0.182. The van der Waals surface area contributed by atoms with Gasteiger partial charge in [-0.15, -0.1) is 0 Å². The number of nitrogens with zero attached hydrogens (tertiary/aromatic N) is 1. The molecule has 0 radical (unpaired) electrons. The highest BCUT2D eigenvalue weighted by Gasteiger charge is 2.50. The molecule has 1 aliphatic rings. The number of carbonyl (C=O) groups is 1. The van der Waals surface area contributed by atoms with Crippen molar-refractivity contribution >= 4 is 33.3 Å². The summed E-state index contributed by atoms with van der Waals surface area (Å²) in [6.45, 7) is 5.88. The van der Waals surface area contributed by atoms with Crippen molar-refractivity contribution in [1.29, 1.82) is 0 Å². The van der Waals surface area contributed by atoms with Crippen molar-refractivity contribution in [2.45, 2.75) is 43.9 Å². The molecule has 0 saturated carbocycles. The lowest BCUT2D eigenvalue weighted by Crippen LogP contribution is -2.46. The van der Waals surface area contributed by atoms with Crippen LogP contribution in [0.25, 0.3) is 11.1 Å². The number of carbonyl (C=O) groups excluding carboxylic acids is 1. The second kappa shape index (κ2) is 9.57. The van der Waals surface area contributed by atoms with Gasteiger partial charge in [0.2, 0.25) is 4.45 Å². The first kappa shape index (κ1) is 25.1. The van der Waals surface area contributed by atoms with E-state index in [1.54, 1.807) is 6.92 Å². The normalized spacial score (nSPS) is 17.4. The van der Waals surface area contributed by atoms with Crippen molar-refractivity contribution in [3.8, 4) is 16.9 Å². The number of fused-ring (bicyclic) bond motifs is 1. The van der Waals surface area contributed by atoms with Crippen molar-refractivity contribution in [2.24, 2.45) is 0 Å². The molecular formula is C27H25BrF3NO3. The van der Waals surface area contributed by atoms with E-state index in [9.17, 15) is 18.0 Å². The number of esters is 1. The topological polar surface area (TPSA) is 38.8 Å². The van der Waals surface area contributed by atoms with Crippen molar-refractivity contribution in [1.82, 2.24) is 0 Å². The molecule has 3 aromatic carbocycles. The molecular weight excluding hydrogens is 523 g/mol. The van der Waals surface area contributed by atoms with Gasteiger partial charge in [-0.3, -0.25) is 0 Å². The van der Waals surface area contributed by atoms with Crippen LogP contribution < -0.4 is 9.64 Å². The molecule has 0 saturated heterocycles. The first-order chi connectivity index (χ1) is 16.5. The average molecular weight is 548 g/mol. The van der Waals surface area contributed by atoms with Gasteiger partial charge in [0.25, 0.3) is 0 Å². The van der Waals surface area contributed by atoms with Crippen LogP contribution in [0.1, 0.15) is 31.9 Å². The van der Waals surface area contributed by atoms with E-state index in [0.29, 0.717) is 12.0 Å². The fourth-order valence-corrected chi connectivity index (χ4v) is 5.01. The maximum atomic E-state index is 13.1. The van der Waals surface area contributed by atoms with Gasteiger partial charge in [-0.1, -0.05) is 18.2 Å². The van der Waals surface area contributed by atoms with Gasteiger partial charge in [0.05, 0.1) is 18.3 Å². The molecule has 1 heterocycles. The second-order valence-corrected chi connectivity index (χ2v) is 9.88. The molecule has 0 N–H and O–H groups in total. The van der Waals surface area contributed by atoms with E-state index < -0.39 is 22.2 Å². The Morgan fingerprint density at radius 2 is 1.66 bits per heavy atom. The van der Waals surface area contributed by atoms with E-state index >= 15 is 0 Å². The van der Waals surface area contributed by atoms with Gasteiger partial charge in [-0.2, -0.15) is 13.2 Å². The zero-order valence-electron chi connectivity index (χ0n) is 19.5. The molecule has 0 bridgehead atoms. The number of hydrogen-bond acceptors (Lipinski definition) is 4. The maximum absolute atomic E-state index is 13.1. The van der Waals surface area contributed by atoms with E-state index in [1.165, 1.54) is 12.1 Å². The van der Waals surface area contributed by atoms with E-state index in [4.69, 9.17) is 9.47 Å². The number of alkyl halides is 4. The Bertz CT molecular complexity index is 1210. The van der Waals surface area contributed by atoms with Crippen LogP contribution >= 0.6 is 15.9 Å². The van der Waals surface area contributed by atoms with Crippen molar-refractivity contribution < 1.29 is 27.4 Å². The molecule has 0 spiro atoms. The summed E-state index contributed by atoms with van der Waals surface area (Å²) in [5, 5.41) is 0. The van der Waals surface area contributed by atoms with Crippen molar-refractivity contribution in [3.63, 3.8) is 0 Å². The largest absolute Gasteiger partial charge is 0.491 e. The molecule has 35 heavy (non-hydrogen) atoms. The first-order valence-corrected chi connectivity index (χ1v) is 12.1. The summed E-state index contributed by atoms with van der Waals surface area (Å²) in [5.74, 6) is 0.298. The molecule has 3 aromatic rings. The highest BCUT2D eigenvalue weighted by Crippen LogP contribution is 2.49. The molecule has 0 aliphatic carbocycles. The van der Waals surface area contributed by atoms with E-state index in [0.717, 1.165) is 40.4 Å². The number of hydrogen-bond donors (Lipinski definition) is 0. The Labute approximate surface area is 210 Å². The van der Waals surface area contributed by atoms with Gasteiger partial charge < -0.3 is 14.4 Å². The average Bonchev–Trinajstić information content (AvgIpc) is 3.11. The summed E-state index contributed by atoms with van der Waals surface area (Å²) in [6, 6.07) is 18.1. The second-order valence-electron chi connectivity index (χ2n) is 8.57. The summed E-state index contributed by atoms with van der Waals surface area (Å²) < 4.78 is 48.8. The molecule has 1 unspecified atom stereocenters. The molecule has 0 fully saturated rings. The molecule has 8 heteroatoms. The van der Waals surface area contributed by atoms with Crippen LogP contribution in [0.5, 0.6) is 5.75 Å². The van der Waals surface area contributed by atoms with Crippen LogP contribution in [-0.2, 0) is 22.1 Å². The van der Waals surface area contributed by atoms with Gasteiger partial charge in [0.15, 0.2) is 0 Å². The van der Waals surface area contributed by atoms with E-state index in [-0.39, 0.29) is 12.7 Å². The van der Waals surface area contributed by atoms with Gasteiger partial charge in [0.1, 0.15) is 5.75 Å². The smallest absolute Gasteiger partial charge is 0.416 e. The van der Waals surface area contributed by atoms with Gasteiger partial charge in [0, 0.05) is 17.8 Å². The van der Waals surface area contributed by atoms with Gasteiger partial charge >= 0.3 is 12.1 Å². The Hall–Kier alpha value is -3.00. The summed E-state index contributed by atoms with van der Waals surface area (Å²) in [7, 11) is 0. The minimum absolute atomic E-state index is 0.0341. The monoisotopic (exact) mass is 547 g/mol. The van der Waals surface area contributed by atoms with Crippen LogP contribution in [0.3, 0.4) is 0 Å². The highest BCUT2D eigenvalue weighted by atomic mass is 79.9. The van der Waals surface area contributed by atoms with Gasteiger partial charge in [-0.05, 0) is 102 Å². The summed E-state index contributed by atoms with van der Waals surface area (Å²) in [5.41, 5.74) is 3.18. The Morgan fingerprint density at radius 3 is 2.23 bits per heavy atom. The number of ether oxygens (including phenoxy) is 2. The number of rotatable bonds is 6. The van der Waals surface area contributed by atoms with Gasteiger partial charge in [-0.25, -0.2) is 4.79 Å². The SMILES string of the molecule is CCOC(=O)C1(Br)Cc2cc(-c3ccc(C(F)(F)F)cc3)ccc2N1c1ccc(OC(C)C)cc1. The third-order valence-electron chi connectivity index (χ3n) is 5.70. The molecule has 4 nitrogen and oxygen atoms in total. The predicted molar refractivity (Wildman–Crippen MR) is 133 cm³/mol. The minimum Gasteiger partial charge on any atom is -0.491 e. The Morgan fingerprint density at radius 1 is 1.03 bits per heavy atom. The first-order valence-electron chi connectivity index (χ1n) is 11.3. The minimum atomic E-state index is -4.39. The molecule has 0 amide bonds. The zero-order chi connectivity index (χ0) is 25.4. The lowest BCUT2D eigenvalue weighted by atomic mass is 10.00. The highest BCUT2D eigenvalue weighted by molar-refractivity contribution is 9.10. The molecule has 1 aliphatic heterocycles. The molecule has 0 aromatic heterocycles. The van der Waals surface area contributed by atoms with Crippen LogP contribution in [-0.4, -0.2) is 23.1 Å². The fourth-order valence-electron chi connectivity index (χ4n) is 4.19. The van der Waals surface area contributed by atoms with Crippen LogP contribution in [0.2, 0.25) is 0 Å².